The van der Waals surface area contributed by atoms with Crippen molar-refractivity contribution in [1.29, 1.82) is 0 Å². The number of carbonyl (C=O) groups is 1. The summed E-state index contributed by atoms with van der Waals surface area (Å²) < 4.78 is 12.4. The quantitative estimate of drug-likeness (QED) is 0.386. The van der Waals surface area contributed by atoms with Gasteiger partial charge >= 0.3 is 0 Å². The number of hydrogen-bond donors (Lipinski definition) is 1. The van der Waals surface area contributed by atoms with Crippen LogP contribution >= 0.6 is 11.6 Å². The highest BCUT2D eigenvalue weighted by molar-refractivity contribution is 6.37. The molecule has 1 fully saturated rings. The largest absolute Gasteiger partial charge is 0.497 e. The minimum absolute atomic E-state index is 0.0319. The van der Waals surface area contributed by atoms with E-state index in [4.69, 9.17) is 20.9 Å². The second-order valence-electron chi connectivity index (χ2n) is 8.94. The van der Waals surface area contributed by atoms with Crippen LogP contribution in [0.5, 0.6) is 5.75 Å². The molecule has 0 bridgehead atoms. The topological polar surface area (TPSA) is 86.4 Å². The Bertz CT molecular complexity index is 1440. The maximum absolute atomic E-state index is 13.6. The lowest BCUT2D eigenvalue weighted by Gasteiger charge is -2.31. The van der Waals surface area contributed by atoms with Gasteiger partial charge in [0.1, 0.15) is 22.4 Å². The van der Waals surface area contributed by atoms with E-state index in [9.17, 15) is 9.59 Å². The number of pyridine rings is 1. The lowest BCUT2D eigenvalue weighted by atomic mass is 9.83. The second kappa shape index (κ2) is 9.14. The molecule has 0 radical (unpaired) electrons. The van der Waals surface area contributed by atoms with Gasteiger partial charge in [-0.25, -0.2) is 0 Å². The van der Waals surface area contributed by atoms with Crippen molar-refractivity contribution in [2.24, 2.45) is 5.92 Å². The Morgan fingerprint density at radius 1 is 1.24 bits per heavy atom. The normalized spacial score (nSPS) is 18.3. The summed E-state index contributed by atoms with van der Waals surface area (Å²) in [6.07, 6.45) is 3.89. The van der Waals surface area contributed by atoms with Crippen LogP contribution in [-0.2, 0) is 4.79 Å². The van der Waals surface area contributed by atoms with Crippen molar-refractivity contribution in [2.45, 2.75) is 45.1 Å². The number of nitrogens with zero attached hydrogens (tertiary/aromatic N) is 2. The van der Waals surface area contributed by atoms with Gasteiger partial charge in [-0.05, 0) is 56.4 Å². The minimum atomic E-state index is -0.116. The molecule has 0 aliphatic heterocycles. The fourth-order valence-electron chi connectivity index (χ4n) is 5.19. The zero-order valence-electron chi connectivity index (χ0n) is 19.1. The highest BCUT2D eigenvalue weighted by atomic mass is 35.5. The van der Waals surface area contributed by atoms with E-state index in [1.54, 1.807) is 26.2 Å². The standard InChI is InChI=1S/C26H26ClN3O4/c1-15-23-25(29-34-15)24-20(27)10-5-11-21(24)30(26(23)32)18-8-3-6-16(12-18)13-22(31)28-17-7-4-9-19(14-17)33-2/h4-5,7,9-11,14,16,18H,3,6,8,12-13H2,1-2H3,(H,28,31)/t16-,18+/m1/s1. The Balaban J connectivity index is 1.43. The van der Waals surface area contributed by atoms with E-state index in [1.807, 2.05) is 34.9 Å². The van der Waals surface area contributed by atoms with Gasteiger partial charge in [0.15, 0.2) is 0 Å². The van der Waals surface area contributed by atoms with Crippen molar-refractivity contribution in [1.82, 2.24) is 9.72 Å². The second-order valence-corrected chi connectivity index (χ2v) is 9.35. The van der Waals surface area contributed by atoms with Crippen LogP contribution in [0.2, 0.25) is 5.02 Å². The van der Waals surface area contributed by atoms with Crippen molar-refractivity contribution < 1.29 is 14.1 Å². The zero-order valence-corrected chi connectivity index (χ0v) is 19.9. The molecule has 1 aliphatic rings. The SMILES string of the molecule is COc1cccc(NC(=O)C[C@@H]2CCC[C@H](n3c(=O)c4c(C)onc4c4c(Cl)cccc43)C2)c1. The number of fused-ring (bicyclic) bond motifs is 3. The molecule has 1 N–H and O–H groups in total. The molecule has 2 atom stereocenters. The van der Waals surface area contributed by atoms with Gasteiger partial charge in [-0.2, -0.15) is 0 Å². The van der Waals surface area contributed by atoms with Crippen LogP contribution in [0.15, 0.2) is 51.8 Å². The van der Waals surface area contributed by atoms with E-state index >= 15 is 0 Å². The van der Waals surface area contributed by atoms with E-state index in [0.29, 0.717) is 39.5 Å². The first kappa shape index (κ1) is 22.5. The van der Waals surface area contributed by atoms with E-state index in [-0.39, 0.29) is 23.4 Å². The average Bonchev–Trinajstić information content (AvgIpc) is 3.21. The van der Waals surface area contributed by atoms with Crippen LogP contribution in [0.25, 0.3) is 21.8 Å². The Hall–Kier alpha value is -3.32. The molecule has 0 unspecified atom stereocenters. The summed E-state index contributed by atoms with van der Waals surface area (Å²) in [6.45, 7) is 1.75. The Morgan fingerprint density at radius 3 is 2.88 bits per heavy atom. The van der Waals surface area contributed by atoms with Crippen LogP contribution in [-0.4, -0.2) is 22.7 Å². The van der Waals surface area contributed by atoms with Gasteiger partial charge in [0.2, 0.25) is 5.91 Å². The third-order valence-electron chi connectivity index (χ3n) is 6.73. The number of anilines is 1. The molecule has 2 aromatic heterocycles. The monoisotopic (exact) mass is 479 g/mol. The summed E-state index contributed by atoms with van der Waals surface area (Å²) in [4.78, 5) is 26.4. The molecule has 1 aliphatic carbocycles. The molecule has 8 heteroatoms. The summed E-state index contributed by atoms with van der Waals surface area (Å²) in [5.74, 6) is 1.31. The Morgan fingerprint density at radius 2 is 2.06 bits per heavy atom. The van der Waals surface area contributed by atoms with Crippen LogP contribution < -0.4 is 15.6 Å². The van der Waals surface area contributed by atoms with Crippen LogP contribution in [0.4, 0.5) is 5.69 Å². The number of nitrogens with one attached hydrogen (secondary N) is 1. The average molecular weight is 480 g/mol. The molecule has 4 aromatic rings. The number of aromatic nitrogens is 2. The van der Waals surface area contributed by atoms with Gasteiger partial charge in [0, 0.05) is 29.6 Å². The summed E-state index contributed by atoms with van der Waals surface area (Å²) in [6, 6.07) is 12.8. The number of aryl methyl sites for hydroxylation is 1. The molecule has 0 spiro atoms. The van der Waals surface area contributed by atoms with Crippen LogP contribution in [0, 0.1) is 12.8 Å². The maximum atomic E-state index is 13.6. The molecule has 2 aromatic carbocycles. The number of halogens is 1. The number of carbonyl (C=O) groups excluding carboxylic acids is 1. The predicted octanol–water partition coefficient (Wildman–Crippen LogP) is 5.87. The highest BCUT2D eigenvalue weighted by Gasteiger charge is 2.29. The van der Waals surface area contributed by atoms with Crippen molar-refractivity contribution in [3.8, 4) is 5.75 Å². The molecule has 5 rings (SSSR count). The van der Waals surface area contributed by atoms with Crippen molar-refractivity contribution >= 4 is 45.0 Å². The van der Waals surface area contributed by atoms with Gasteiger partial charge < -0.3 is 19.1 Å². The molecule has 1 saturated carbocycles. The van der Waals surface area contributed by atoms with E-state index in [1.165, 1.54) is 0 Å². The van der Waals surface area contributed by atoms with Gasteiger partial charge in [-0.3, -0.25) is 9.59 Å². The predicted molar refractivity (Wildman–Crippen MR) is 133 cm³/mol. The summed E-state index contributed by atoms with van der Waals surface area (Å²) in [5.41, 5.74) is 1.85. The molecular weight excluding hydrogens is 454 g/mol. The molecule has 7 nitrogen and oxygen atoms in total. The number of hydrogen-bond acceptors (Lipinski definition) is 5. The molecule has 176 valence electrons. The molecule has 2 heterocycles. The smallest absolute Gasteiger partial charge is 0.264 e. The summed E-state index contributed by atoms with van der Waals surface area (Å²) in [7, 11) is 1.60. The molecule has 34 heavy (non-hydrogen) atoms. The van der Waals surface area contributed by atoms with Crippen LogP contribution in [0.3, 0.4) is 0 Å². The van der Waals surface area contributed by atoms with Crippen molar-refractivity contribution in [3.05, 3.63) is 63.6 Å². The summed E-state index contributed by atoms with van der Waals surface area (Å²) >= 11 is 6.55. The number of rotatable bonds is 5. The van der Waals surface area contributed by atoms with Crippen LogP contribution in [0.1, 0.15) is 43.9 Å². The minimum Gasteiger partial charge on any atom is -0.497 e. The lowest BCUT2D eigenvalue weighted by Crippen LogP contribution is -2.30. The first-order valence-electron chi connectivity index (χ1n) is 11.5. The third kappa shape index (κ3) is 4.05. The van der Waals surface area contributed by atoms with Crippen molar-refractivity contribution in [2.75, 3.05) is 12.4 Å². The maximum Gasteiger partial charge on any atom is 0.264 e. The third-order valence-corrected chi connectivity index (χ3v) is 7.05. The van der Waals surface area contributed by atoms with Gasteiger partial charge in [-0.1, -0.05) is 35.3 Å². The molecule has 0 saturated heterocycles. The molecule has 1 amide bonds. The first-order valence-corrected chi connectivity index (χ1v) is 11.9. The number of benzene rings is 2. The van der Waals surface area contributed by atoms with Gasteiger partial charge in [0.25, 0.3) is 5.56 Å². The number of ether oxygens (including phenoxy) is 1. The Kier molecular flexibility index (Phi) is 6.04. The van der Waals surface area contributed by atoms with E-state index in [2.05, 4.69) is 10.5 Å². The van der Waals surface area contributed by atoms with Gasteiger partial charge in [-0.15, -0.1) is 0 Å². The fraction of sp³-hybridized carbons (Fsp3) is 0.346. The number of methoxy groups -OCH3 is 1. The van der Waals surface area contributed by atoms with E-state index < -0.39 is 0 Å². The first-order chi connectivity index (χ1) is 16.5. The lowest BCUT2D eigenvalue weighted by molar-refractivity contribution is -0.117. The van der Waals surface area contributed by atoms with Crippen molar-refractivity contribution in [3.63, 3.8) is 0 Å². The summed E-state index contributed by atoms with van der Waals surface area (Å²) in [5, 5.41) is 8.83. The fourth-order valence-corrected chi connectivity index (χ4v) is 5.45. The van der Waals surface area contributed by atoms with Gasteiger partial charge in [0.05, 0.1) is 17.6 Å². The zero-order chi connectivity index (χ0) is 23.8. The highest BCUT2D eigenvalue weighted by Crippen LogP contribution is 2.38. The molecular formula is C26H26ClN3O4. The Labute approximate surface area is 201 Å². The van der Waals surface area contributed by atoms with E-state index in [0.717, 1.165) is 36.6 Å². The number of amides is 1.